The second kappa shape index (κ2) is 9.05. The number of aryl methyl sites for hydroxylation is 1. The first-order valence-electron chi connectivity index (χ1n) is 11.3. The van der Waals surface area contributed by atoms with Gasteiger partial charge in [-0.3, -0.25) is 9.59 Å². The van der Waals surface area contributed by atoms with Gasteiger partial charge < -0.3 is 19.4 Å². The number of anilines is 1. The van der Waals surface area contributed by atoms with Crippen LogP contribution in [0.5, 0.6) is 5.75 Å². The van der Waals surface area contributed by atoms with E-state index in [1.54, 1.807) is 19.4 Å². The summed E-state index contributed by atoms with van der Waals surface area (Å²) < 4.78 is 11.5. The normalized spacial score (nSPS) is 19.3. The number of nitrogens with one attached hydrogen (secondary N) is 1. The van der Waals surface area contributed by atoms with Gasteiger partial charge in [0.05, 0.1) is 30.8 Å². The van der Waals surface area contributed by atoms with E-state index in [9.17, 15) is 9.59 Å². The fourth-order valence-corrected chi connectivity index (χ4v) is 4.35. The van der Waals surface area contributed by atoms with E-state index < -0.39 is 6.10 Å². The quantitative estimate of drug-likeness (QED) is 0.634. The SMILES string of the molecule is CNC(=O)[C@H]1CN(CC(=O)N2N=C(c3ccc(C)cc3)C[C@@H]2c2ccco2)c2ccccc2O1. The molecule has 8 heteroatoms. The highest BCUT2D eigenvalue weighted by Crippen LogP contribution is 2.36. The number of carbonyl (C=O) groups excluding carboxylic acids is 2. The lowest BCUT2D eigenvalue weighted by atomic mass is 10.0. The number of amides is 2. The molecule has 0 spiro atoms. The van der Waals surface area contributed by atoms with Gasteiger partial charge in [0.2, 0.25) is 0 Å². The maximum absolute atomic E-state index is 13.6. The summed E-state index contributed by atoms with van der Waals surface area (Å²) in [6.07, 6.45) is 1.45. The van der Waals surface area contributed by atoms with Crippen molar-refractivity contribution in [1.82, 2.24) is 10.3 Å². The fourth-order valence-electron chi connectivity index (χ4n) is 4.35. The number of hydrogen-bond acceptors (Lipinski definition) is 6. The standard InChI is InChI=1S/C26H26N4O4/c1-17-9-11-18(12-10-17)19-14-21(22-8-5-13-33-22)30(28-19)25(31)16-29-15-24(26(32)27-2)34-23-7-4-3-6-20(23)29/h3-13,21,24H,14-16H2,1-2H3,(H,27,32)/t21-,24-/m1/s1. The summed E-state index contributed by atoms with van der Waals surface area (Å²) in [5, 5.41) is 8.86. The number of hydrazone groups is 1. The Morgan fingerprint density at radius 1 is 1.09 bits per heavy atom. The third kappa shape index (κ3) is 4.14. The minimum Gasteiger partial charge on any atom is -0.477 e. The molecular formula is C26H26N4O4. The molecule has 3 heterocycles. The van der Waals surface area contributed by atoms with Crippen LogP contribution < -0.4 is 15.0 Å². The van der Waals surface area contributed by atoms with Crippen molar-refractivity contribution >= 4 is 23.2 Å². The summed E-state index contributed by atoms with van der Waals surface area (Å²) >= 11 is 0. The molecule has 2 aliphatic rings. The summed E-state index contributed by atoms with van der Waals surface area (Å²) in [5.41, 5.74) is 3.75. The topological polar surface area (TPSA) is 87.4 Å². The van der Waals surface area contributed by atoms with Crippen molar-refractivity contribution in [2.45, 2.75) is 25.5 Å². The van der Waals surface area contributed by atoms with Crippen molar-refractivity contribution < 1.29 is 18.7 Å². The van der Waals surface area contributed by atoms with Gasteiger partial charge in [-0.25, -0.2) is 5.01 Å². The van der Waals surface area contributed by atoms with Crippen LogP contribution in [0, 0.1) is 6.92 Å². The number of hydrogen-bond donors (Lipinski definition) is 1. The van der Waals surface area contributed by atoms with Gasteiger partial charge >= 0.3 is 0 Å². The number of benzene rings is 2. The number of carbonyl (C=O) groups is 2. The maximum atomic E-state index is 13.6. The molecule has 1 N–H and O–H groups in total. The molecule has 2 atom stereocenters. The molecule has 3 aromatic rings. The lowest BCUT2D eigenvalue weighted by molar-refractivity contribution is -0.132. The minimum atomic E-state index is -0.709. The molecule has 0 bridgehead atoms. The predicted octanol–water partition coefficient (Wildman–Crippen LogP) is 3.28. The Morgan fingerprint density at radius 2 is 1.88 bits per heavy atom. The summed E-state index contributed by atoms with van der Waals surface area (Å²) in [6, 6.07) is 18.9. The molecule has 5 rings (SSSR count). The molecule has 8 nitrogen and oxygen atoms in total. The van der Waals surface area contributed by atoms with Crippen LogP contribution in [0.4, 0.5) is 5.69 Å². The predicted molar refractivity (Wildman–Crippen MR) is 128 cm³/mol. The van der Waals surface area contributed by atoms with Crippen molar-refractivity contribution in [3.05, 3.63) is 83.8 Å². The molecule has 0 saturated carbocycles. The lowest BCUT2D eigenvalue weighted by Crippen LogP contribution is -2.50. The van der Waals surface area contributed by atoms with Crippen molar-refractivity contribution in [2.75, 3.05) is 25.0 Å². The third-order valence-corrected chi connectivity index (χ3v) is 6.15. The molecule has 1 aromatic heterocycles. The van der Waals surface area contributed by atoms with E-state index in [4.69, 9.17) is 14.3 Å². The van der Waals surface area contributed by atoms with Crippen molar-refractivity contribution in [3.63, 3.8) is 0 Å². The highest BCUT2D eigenvalue weighted by molar-refractivity contribution is 6.03. The van der Waals surface area contributed by atoms with Crippen molar-refractivity contribution in [2.24, 2.45) is 5.10 Å². The number of fused-ring (bicyclic) bond motifs is 1. The molecule has 0 aliphatic carbocycles. The van der Waals surface area contributed by atoms with Crippen LogP contribution in [-0.4, -0.2) is 48.8 Å². The monoisotopic (exact) mass is 458 g/mol. The van der Waals surface area contributed by atoms with Gasteiger partial charge in [0, 0.05) is 13.5 Å². The Labute approximate surface area is 197 Å². The molecular weight excluding hydrogens is 432 g/mol. The minimum absolute atomic E-state index is 0.0513. The van der Waals surface area contributed by atoms with E-state index >= 15 is 0 Å². The second-order valence-electron chi connectivity index (χ2n) is 8.46. The van der Waals surface area contributed by atoms with Gasteiger partial charge in [-0.15, -0.1) is 0 Å². The number of likely N-dealkylation sites (N-methyl/N-ethyl adjacent to an activating group) is 1. The van der Waals surface area contributed by atoms with E-state index in [1.807, 2.05) is 66.4 Å². The molecule has 2 aromatic carbocycles. The lowest BCUT2D eigenvalue weighted by Gasteiger charge is -2.35. The highest BCUT2D eigenvalue weighted by Gasteiger charge is 2.37. The molecule has 34 heavy (non-hydrogen) atoms. The van der Waals surface area contributed by atoms with Crippen LogP contribution in [-0.2, 0) is 9.59 Å². The molecule has 0 fully saturated rings. The van der Waals surface area contributed by atoms with Gasteiger partial charge in [0.15, 0.2) is 6.10 Å². The van der Waals surface area contributed by atoms with Gasteiger partial charge in [-0.05, 0) is 36.8 Å². The molecule has 0 unspecified atom stereocenters. The van der Waals surface area contributed by atoms with Crippen molar-refractivity contribution in [3.8, 4) is 5.75 Å². The van der Waals surface area contributed by atoms with Crippen LogP contribution in [0.15, 0.2) is 76.4 Å². The first-order chi connectivity index (χ1) is 16.5. The zero-order valence-corrected chi connectivity index (χ0v) is 19.1. The molecule has 2 aliphatic heterocycles. The zero-order chi connectivity index (χ0) is 23.7. The zero-order valence-electron chi connectivity index (χ0n) is 19.1. The van der Waals surface area contributed by atoms with Gasteiger partial charge in [0.1, 0.15) is 17.6 Å². The van der Waals surface area contributed by atoms with Crippen LogP contribution in [0.1, 0.15) is 29.3 Å². The Balaban J connectivity index is 1.43. The Morgan fingerprint density at radius 3 is 2.62 bits per heavy atom. The van der Waals surface area contributed by atoms with Gasteiger partial charge in [-0.1, -0.05) is 42.0 Å². The highest BCUT2D eigenvalue weighted by atomic mass is 16.5. The van der Waals surface area contributed by atoms with Crippen LogP contribution in [0.2, 0.25) is 0 Å². The third-order valence-electron chi connectivity index (χ3n) is 6.15. The van der Waals surface area contributed by atoms with E-state index in [0.29, 0.717) is 17.9 Å². The average Bonchev–Trinajstić information content (AvgIpc) is 3.54. The number of furan rings is 1. The molecule has 0 saturated heterocycles. The largest absolute Gasteiger partial charge is 0.477 e. The molecule has 174 valence electrons. The van der Waals surface area contributed by atoms with E-state index in [-0.39, 0.29) is 30.9 Å². The number of ether oxygens (including phenoxy) is 1. The summed E-state index contributed by atoms with van der Waals surface area (Å²) in [6.45, 7) is 2.35. The van der Waals surface area contributed by atoms with Gasteiger partial charge in [-0.2, -0.15) is 5.10 Å². The Hall–Kier alpha value is -4.07. The first kappa shape index (κ1) is 21.8. The van der Waals surface area contributed by atoms with Crippen LogP contribution >= 0.6 is 0 Å². The van der Waals surface area contributed by atoms with Crippen molar-refractivity contribution in [1.29, 1.82) is 0 Å². The van der Waals surface area contributed by atoms with Crippen LogP contribution in [0.3, 0.4) is 0 Å². The summed E-state index contributed by atoms with van der Waals surface area (Å²) in [5.74, 6) is 0.838. The number of para-hydroxylation sites is 2. The average molecular weight is 459 g/mol. The maximum Gasteiger partial charge on any atom is 0.262 e. The van der Waals surface area contributed by atoms with E-state index in [2.05, 4.69) is 5.32 Å². The number of nitrogens with zero attached hydrogens (tertiary/aromatic N) is 3. The van der Waals surface area contributed by atoms with E-state index in [1.165, 1.54) is 5.01 Å². The second-order valence-corrected chi connectivity index (χ2v) is 8.46. The summed E-state index contributed by atoms with van der Waals surface area (Å²) in [7, 11) is 1.57. The summed E-state index contributed by atoms with van der Waals surface area (Å²) in [4.78, 5) is 27.8. The van der Waals surface area contributed by atoms with Crippen LogP contribution in [0.25, 0.3) is 0 Å². The van der Waals surface area contributed by atoms with Gasteiger partial charge in [0.25, 0.3) is 11.8 Å². The van der Waals surface area contributed by atoms with E-state index in [0.717, 1.165) is 22.5 Å². The fraction of sp³-hybridized carbons (Fsp3) is 0.269. The Kier molecular flexibility index (Phi) is 5.79. The smallest absolute Gasteiger partial charge is 0.262 e. The number of rotatable bonds is 5. The molecule has 2 amide bonds. The first-order valence-corrected chi connectivity index (χ1v) is 11.3. The molecule has 0 radical (unpaired) electrons. The Bertz CT molecular complexity index is 1220.